The zero-order chi connectivity index (χ0) is 33.1. The first kappa shape index (κ1) is 34.9. The first-order chi connectivity index (χ1) is 21.4. The van der Waals surface area contributed by atoms with Crippen molar-refractivity contribution in [2.75, 3.05) is 13.7 Å². The molecule has 7 atom stereocenters. The summed E-state index contributed by atoms with van der Waals surface area (Å²) in [5.41, 5.74) is 1.91. The van der Waals surface area contributed by atoms with Crippen molar-refractivity contribution in [3.63, 3.8) is 0 Å². The molecule has 2 aromatic rings. The lowest BCUT2D eigenvalue weighted by molar-refractivity contribution is -0.316. The first-order valence-corrected chi connectivity index (χ1v) is 14.1. The maximum absolute atomic E-state index is 13.2. The van der Waals surface area contributed by atoms with Gasteiger partial charge in [0.25, 0.3) is 0 Å². The van der Waals surface area contributed by atoms with Gasteiger partial charge in [-0.1, -0.05) is 60.7 Å². The van der Waals surface area contributed by atoms with Crippen molar-refractivity contribution in [3.05, 3.63) is 71.8 Å². The maximum atomic E-state index is 13.2. The molecule has 0 bridgehead atoms. The molecule has 0 N–H and O–H groups in total. The summed E-state index contributed by atoms with van der Waals surface area (Å²) in [7, 11) is 1.20. The standard InChI is InChI=1S/C32H37NO12/c1-18(26(31(38)39-6)33-27(23-13-9-7-10-14-23)24-15-11-8-12-16-24)41-32-30(44-22(5)37)29(43-21(4)36)28(42-20(3)35)25(45-32)17-40-19(2)34/h7-16,18,25-26,28-30,32H,17H2,1-6H3/t18-,25-,26+,28-,29+,30-,32-/m1/s1. The summed E-state index contributed by atoms with van der Waals surface area (Å²) < 4.78 is 38.7. The highest BCUT2D eigenvalue weighted by molar-refractivity contribution is 6.13. The van der Waals surface area contributed by atoms with Crippen LogP contribution in [0.5, 0.6) is 0 Å². The van der Waals surface area contributed by atoms with Crippen molar-refractivity contribution < 1.29 is 57.1 Å². The molecular formula is C32H37NO12. The molecule has 13 heteroatoms. The topological polar surface area (TPSA) is 162 Å². The van der Waals surface area contributed by atoms with Gasteiger partial charge in [0.1, 0.15) is 12.7 Å². The van der Waals surface area contributed by atoms with Gasteiger partial charge in [-0.3, -0.25) is 24.2 Å². The zero-order valence-electron chi connectivity index (χ0n) is 25.9. The summed E-state index contributed by atoms with van der Waals surface area (Å²) in [6.07, 6.45) is -8.11. The van der Waals surface area contributed by atoms with E-state index < -0.39 is 79.3 Å². The Hall–Kier alpha value is -4.62. The number of nitrogens with zero attached hydrogens (tertiary/aromatic N) is 1. The van der Waals surface area contributed by atoms with Gasteiger partial charge in [-0.25, -0.2) is 4.79 Å². The highest BCUT2D eigenvalue weighted by atomic mass is 16.7. The molecule has 45 heavy (non-hydrogen) atoms. The second-order valence-corrected chi connectivity index (χ2v) is 10.1. The van der Waals surface area contributed by atoms with E-state index in [2.05, 4.69) is 0 Å². The van der Waals surface area contributed by atoms with Gasteiger partial charge in [-0.15, -0.1) is 0 Å². The normalized spacial score (nSPS) is 22.1. The third-order valence-electron chi connectivity index (χ3n) is 6.55. The van der Waals surface area contributed by atoms with Crippen LogP contribution in [-0.2, 0) is 57.1 Å². The summed E-state index contributed by atoms with van der Waals surface area (Å²) in [5.74, 6) is -3.75. The van der Waals surface area contributed by atoms with Crippen LogP contribution in [0.2, 0.25) is 0 Å². The van der Waals surface area contributed by atoms with E-state index in [-0.39, 0.29) is 0 Å². The number of methoxy groups -OCH3 is 1. The van der Waals surface area contributed by atoms with E-state index in [0.717, 1.165) is 31.9 Å². The van der Waals surface area contributed by atoms with Crippen molar-refractivity contribution in [3.8, 4) is 0 Å². The Balaban J connectivity index is 2.07. The molecular weight excluding hydrogens is 590 g/mol. The molecule has 242 valence electrons. The van der Waals surface area contributed by atoms with Gasteiger partial charge in [0, 0.05) is 38.8 Å². The number of hydrogen-bond acceptors (Lipinski definition) is 13. The second kappa shape index (κ2) is 16.5. The van der Waals surface area contributed by atoms with E-state index in [0.29, 0.717) is 5.71 Å². The third kappa shape index (κ3) is 9.95. The van der Waals surface area contributed by atoms with Gasteiger partial charge in [-0.05, 0) is 6.92 Å². The summed E-state index contributed by atoms with van der Waals surface area (Å²) in [6.45, 7) is 5.62. The molecule has 1 saturated heterocycles. The van der Waals surface area contributed by atoms with Crippen LogP contribution in [0.15, 0.2) is 65.7 Å². The van der Waals surface area contributed by atoms with Crippen molar-refractivity contribution >= 4 is 35.6 Å². The lowest BCUT2D eigenvalue weighted by Crippen LogP contribution is -2.63. The van der Waals surface area contributed by atoms with Crippen LogP contribution in [0.4, 0.5) is 0 Å². The number of esters is 5. The van der Waals surface area contributed by atoms with Gasteiger partial charge in [0.05, 0.1) is 18.9 Å². The predicted molar refractivity (Wildman–Crippen MR) is 157 cm³/mol. The molecule has 0 aliphatic carbocycles. The number of hydrogen-bond donors (Lipinski definition) is 0. The quantitative estimate of drug-likeness (QED) is 0.192. The van der Waals surface area contributed by atoms with Crippen LogP contribution in [0.3, 0.4) is 0 Å². The molecule has 1 heterocycles. The highest BCUT2D eigenvalue weighted by Crippen LogP contribution is 2.31. The van der Waals surface area contributed by atoms with E-state index in [1.54, 1.807) is 0 Å². The average molecular weight is 628 g/mol. The summed E-state index contributed by atoms with van der Waals surface area (Å²) in [6, 6.07) is 17.1. The molecule has 0 spiro atoms. The van der Waals surface area contributed by atoms with Gasteiger partial charge < -0.3 is 33.2 Å². The second-order valence-electron chi connectivity index (χ2n) is 10.1. The molecule has 0 saturated carbocycles. The van der Waals surface area contributed by atoms with Crippen LogP contribution in [0.25, 0.3) is 0 Å². The molecule has 1 aliphatic rings. The Morgan fingerprint density at radius 1 is 0.733 bits per heavy atom. The largest absolute Gasteiger partial charge is 0.467 e. The van der Waals surface area contributed by atoms with Crippen LogP contribution in [0.1, 0.15) is 45.7 Å². The molecule has 0 aromatic heterocycles. The molecule has 0 radical (unpaired) electrons. The minimum absolute atomic E-state index is 0.434. The fourth-order valence-electron chi connectivity index (χ4n) is 4.70. The van der Waals surface area contributed by atoms with Crippen molar-refractivity contribution in [1.82, 2.24) is 0 Å². The molecule has 3 rings (SSSR count). The number of benzene rings is 2. The van der Waals surface area contributed by atoms with E-state index in [1.807, 2.05) is 60.7 Å². The minimum Gasteiger partial charge on any atom is -0.467 e. The third-order valence-corrected chi connectivity index (χ3v) is 6.55. The summed E-state index contributed by atoms with van der Waals surface area (Å²) in [4.78, 5) is 65.9. The Bertz CT molecular complexity index is 1320. The molecule has 0 unspecified atom stereocenters. The predicted octanol–water partition coefficient (Wildman–Crippen LogP) is 2.55. The lowest BCUT2D eigenvalue weighted by Gasteiger charge is -2.44. The molecule has 0 amide bonds. The minimum atomic E-state index is -1.51. The first-order valence-electron chi connectivity index (χ1n) is 14.1. The molecule has 2 aromatic carbocycles. The van der Waals surface area contributed by atoms with Gasteiger partial charge in [-0.2, -0.15) is 0 Å². The highest BCUT2D eigenvalue weighted by Gasteiger charge is 2.53. The van der Waals surface area contributed by atoms with Gasteiger partial charge in [0.2, 0.25) is 0 Å². The van der Waals surface area contributed by atoms with Crippen LogP contribution in [0, 0.1) is 0 Å². The number of ether oxygens (including phenoxy) is 7. The Kier molecular flexibility index (Phi) is 12.7. The van der Waals surface area contributed by atoms with Crippen molar-refractivity contribution in [1.29, 1.82) is 0 Å². The Morgan fingerprint density at radius 2 is 1.22 bits per heavy atom. The molecule has 1 aliphatic heterocycles. The molecule has 1 fully saturated rings. The smallest absolute Gasteiger partial charge is 0.333 e. The molecule has 13 nitrogen and oxygen atoms in total. The lowest BCUT2D eigenvalue weighted by atomic mass is 9.97. The van der Waals surface area contributed by atoms with Crippen molar-refractivity contribution in [2.24, 2.45) is 4.99 Å². The van der Waals surface area contributed by atoms with Crippen LogP contribution in [-0.4, -0.2) is 92.1 Å². The number of carbonyl (C=O) groups excluding carboxylic acids is 5. The summed E-state index contributed by atoms with van der Waals surface area (Å²) in [5, 5.41) is 0. The Morgan fingerprint density at radius 3 is 1.69 bits per heavy atom. The number of rotatable bonds is 12. The van der Waals surface area contributed by atoms with Gasteiger partial charge >= 0.3 is 29.8 Å². The fourth-order valence-corrected chi connectivity index (χ4v) is 4.70. The van der Waals surface area contributed by atoms with Gasteiger partial charge in [0.15, 0.2) is 30.6 Å². The summed E-state index contributed by atoms with van der Waals surface area (Å²) >= 11 is 0. The van der Waals surface area contributed by atoms with E-state index in [4.69, 9.17) is 38.2 Å². The van der Waals surface area contributed by atoms with E-state index >= 15 is 0 Å². The fraction of sp³-hybridized carbons (Fsp3) is 0.438. The van der Waals surface area contributed by atoms with Crippen LogP contribution >= 0.6 is 0 Å². The number of aliphatic imine (C=N–C) groups is 1. The van der Waals surface area contributed by atoms with E-state index in [1.165, 1.54) is 21.0 Å². The van der Waals surface area contributed by atoms with Crippen LogP contribution < -0.4 is 0 Å². The Labute approximate surface area is 260 Å². The number of carbonyl (C=O) groups is 5. The van der Waals surface area contributed by atoms with Crippen molar-refractivity contribution in [2.45, 2.75) is 77.5 Å². The monoisotopic (exact) mass is 627 g/mol. The zero-order valence-corrected chi connectivity index (χ0v) is 25.9. The average Bonchev–Trinajstić information content (AvgIpc) is 2.99. The van der Waals surface area contributed by atoms with E-state index in [9.17, 15) is 24.0 Å². The maximum Gasteiger partial charge on any atom is 0.333 e. The SMILES string of the molecule is COC(=O)[C@@H](N=C(c1ccccc1)c1ccccc1)[C@@H](C)O[C@@H]1O[C@H](COC(C)=O)[C@@H](OC(C)=O)[C@H](OC(C)=O)[C@H]1OC(C)=O.